The molecule has 2 heterocycles. The van der Waals surface area contributed by atoms with Gasteiger partial charge in [0.25, 0.3) is 0 Å². The van der Waals surface area contributed by atoms with Crippen molar-refractivity contribution in [3.8, 4) is 5.75 Å². The minimum atomic E-state index is -4.69. The van der Waals surface area contributed by atoms with Crippen LogP contribution in [0.15, 0.2) is 36.9 Å². The predicted molar refractivity (Wildman–Crippen MR) is 72.1 cm³/mol. The van der Waals surface area contributed by atoms with Gasteiger partial charge in [-0.2, -0.15) is 0 Å². The number of nitrogens with zero attached hydrogens (tertiary/aromatic N) is 3. The van der Waals surface area contributed by atoms with Crippen LogP contribution >= 0.6 is 0 Å². The van der Waals surface area contributed by atoms with Gasteiger partial charge in [0.05, 0.1) is 6.33 Å². The maximum Gasteiger partial charge on any atom is 0.573 e. The monoisotopic (exact) mass is 309 g/mol. The van der Waals surface area contributed by atoms with Gasteiger partial charge in [0.15, 0.2) is 11.5 Å². The molecule has 0 bridgehead atoms. The Labute approximate surface area is 122 Å². The largest absolute Gasteiger partial charge is 0.573 e. The highest BCUT2D eigenvalue weighted by Crippen LogP contribution is 2.23. The normalized spacial score (nSPS) is 11.6. The van der Waals surface area contributed by atoms with Gasteiger partial charge in [-0.15, -0.1) is 13.2 Å². The van der Waals surface area contributed by atoms with Crippen LogP contribution in [0.25, 0.3) is 11.2 Å². The van der Waals surface area contributed by atoms with E-state index >= 15 is 0 Å². The highest BCUT2D eigenvalue weighted by Gasteiger charge is 2.30. The van der Waals surface area contributed by atoms with Crippen LogP contribution < -0.4 is 10.1 Å². The number of benzene rings is 1. The number of alkyl halides is 3. The minimum absolute atomic E-state index is 0.257. The molecular formula is C13H10F3N5O. The smallest absolute Gasteiger partial charge is 0.406 e. The van der Waals surface area contributed by atoms with Crippen LogP contribution in [0.1, 0.15) is 5.56 Å². The number of ether oxygens (including phenoxy) is 1. The lowest BCUT2D eigenvalue weighted by molar-refractivity contribution is -0.274. The fourth-order valence-electron chi connectivity index (χ4n) is 1.89. The molecule has 1 aromatic carbocycles. The lowest BCUT2D eigenvalue weighted by Crippen LogP contribution is -2.17. The molecule has 0 fully saturated rings. The summed E-state index contributed by atoms with van der Waals surface area (Å²) in [7, 11) is 0. The number of aromatic nitrogens is 4. The molecule has 2 aromatic heterocycles. The zero-order chi connectivity index (χ0) is 15.6. The molecule has 0 unspecified atom stereocenters. The van der Waals surface area contributed by atoms with Crippen molar-refractivity contribution < 1.29 is 17.9 Å². The number of nitrogens with one attached hydrogen (secondary N) is 2. The van der Waals surface area contributed by atoms with E-state index < -0.39 is 6.36 Å². The van der Waals surface area contributed by atoms with E-state index in [-0.39, 0.29) is 5.75 Å². The van der Waals surface area contributed by atoms with Crippen molar-refractivity contribution in [3.63, 3.8) is 0 Å². The van der Waals surface area contributed by atoms with Gasteiger partial charge in [0.2, 0.25) is 0 Å². The Balaban J connectivity index is 1.68. The SMILES string of the molecule is FC(F)(F)Oc1ccc(CNc2ncnc3[nH]cnc23)cc1. The second-order valence-electron chi connectivity index (χ2n) is 4.37. The molecule has 0 aliphatic carbocycles. The first-order valence-corrected chi connectivity index (χ1v) is 6.24. The van der Waals surface area contributed by atoms with Crippen molar-refractivity contribution in [1.29, 1.82) is 0 Å². The van der Waals surface area contributed by atoms with Gasteiger partial charge < -0.3 is 15.0 Å². The molecular weight excluding hydrogens is 299 g/mol. The molecule has 9 heteroatoms. The summed E-state index contributed by atoms with van der Waals surface area (Å²) in [6.07, 6.45) is -1.79. The number of anilines is 1. The number of halogens is 3. The van der Waals surface area contributed by atoms with Gasteiger partial charge >= 0.3 is 6.36 Å². The van der Waals surface area contributed by atoms with E-state index in [1.54, 1.807) is 0 Å². The van der Waals surface area contributed by atoms with Crippen LogP contribution in [0.4, 0.5) is 19.0 Å². The van der Waals surface area contributed by atoms with Crippen LogP contribution in [-0.2, 0) is 6.54 Å². The highest BCUT2D eigenvalue weighted by atomic mass is 19.4. The molecule has 6 nitrogen and oxygen atoms in total. The summed E-state index contributed by atoms with van der Waals surface area (Å²) in [4.78, 5) is 15.1. The first kappa shape index (κ1) is 14.1. The third-order valence-electron chi connectivity index (χ3n) is 2.83. The van der Waals surface area contributed by atoms with Gasteiger partial charge in [0, 0.05) is 6.54 Å². The summed E-state index contributed by atoms with van der Waals surface area (Å²) >= 11 is 0. The Hall–Kier alpha value is -2.84. The van der Waals surface area contributed by atoms with Crippen molar-refractivity contribution in [2.45, 2.75) is 12.9 Å². The van der Waals surface area contributed by atoms with Crippen LogP contribution in [0, 0.1) is 0 Å². The summed E-state index contributed by atoms with van der Waals surface area (Å²) in [6.45, 7) is 0.380. The van der Waals surface area contributed by atoms with E-state index in [4.69, 9.17) is 0 Å². The van der Waals surface area contributed by atoms with Crippen molar-refractivity contribution in [1.82, 2.24) is 19.9 Å². The fourth-order valence-corrected chi connectivity index (χ4v) is 1.89. The molecule has 0 amide bonds. The van der Waals surface area contributed by atoms with Gasteiger partial charge in [-0.25, -0.2) is 15.0 Å². The summed E-state index contributed by atoms with van der Waals surface area (Å²) in [5, 5.41) is 3.06. The lowest BCUT2D eigenvalue weighted by Gasteiger charge is -2.10. The van der Waals surface area contributed by atoms with E-state index in [2.05, 4.69) is 30.0 Å². The zero-order valence-corrected chi connectivity index (χ0v) is 11.1. The number of fused-ring (bicyclic) bond motifs is 1. The Morgan fingerprint density at radius 3 is 2.59 bits per heavy atom. The van der Waals surface area contributed by atoms with Crippen molar-refractivity contribution in [2.75, 3.05) is 5.32 Å². The Morgan fingerprint density at radius 1 is 1.09 bits per heavy atom. The van der Waals surface area contributed by atoms with Gasteiger partial charge in [0.1, 0.15) is 17.6 Å². The Morgan fingerprint density at radius 2 is 1.86 bits per heavy atom. The molecule has 3 aromatic rings. The standard InChI is InChI=1S/C13H10F3N5O/c14-13(15,16)22-9-3-1-8(2-4-9)5-17-11-10-12(19-6-18-10)21-7-20-11/h1-4,6-7H,5H2,(H2,17,18,19,20,21). The van der Waals surface area contributed by atoms with Crippen molar-refractivity contribution in [2.24, 2.45) is 0 Å². The molecule has 0 aliphatic heterocycles. The first-order valence-electron chi connectivity index (χ1n) is 6.24. The summed E-state index contributed by atoms with van der Waals surface area (Å²) in [5.41, 5.74) is 1.97. The molecule has 0 atom stereocenters. The van der Waals surface area contributed by atoms with E-state index in [9.17, 15) is 13.2 Å². The van der Waals surface area contributed by atoms with Crippen LogP contribution in [0.2, 0.25) is 0 Å². The van der Waals surface area contributed by atoms with E-state index in [0.717, 1.165) is 5.56 Å². The average Bonchev–Trinajstić information content (AvgIpc) is 2.94. The van der Waals surface area contributed by atoms with Crippen LogP contribution in [0.3, 0.4) is 0 Å². The number of aromatic amines is 1. The maximum absolute atomic E-state index is 12.1. The number of hydrogen-bond donors (Lipinski definition) is 2. The quantitative estimate of drug-likeness (QED) is 0.775. The summed E-state index contributed by atoms with van der Waals surface area (Å²) in [5.74, 6) is 0.287. The maximum atomic E-state index is 12.1. The molecule has 0 saturated carbocycles. The van der Waals surface area contributed by atoms with Crippen molar-refractivity contribution >= 4 is 17.0 Å². The fraction of sp³-hybridized carbons (Fsp3) is 0.154. The number of H-pyrrole nitrogens is 1. The molecule has 22 heavy (non-hydrogen) atoms. The van der Waals surface area contributed by atoms with Gasteiger partial charge in [-0.3, -0.25) is 0 Å². The minimum Gasteiger partial charge on any atom is -0.406 e. The van der Waals surface area contributed by atoms with Crippen molar-refractivity contribution in [3.05, 3.63) is 42.5 Å². The summed E-state index contributed by atoms with van der Waals surface area (Å²) < 4.78 is 40.0. The van der Waals surface area contributed by atoms with Crippen LogP contribution in [0.5, 0.6) is 5.75 Å². The lowest BCUT2D eigenvalue weighted by atomic mass is 10.2. The number of rotatable bonds is 4. The highest BCUT2D eigenvalue weighted by molar-refractivity contribution is 5.81. The van der Waals surface area contributed by atoms with Gasteiger partial charge in [-0.1, -0.05) is 12.1 Å². The van der Waals surface area contributed by atoms with Gasteiger partial charge in [-0.05, 0) is 17.7 Å². The Kier molecular flexibility index (Phi) is 3.53. The predicted octanol–water partition coefficient (Wildman–Crippen LogP) is 2.86. The van der Waals surface area contributed by atoms with E-state index in [1.165, 1.54) is 36.9 Å². The summed E-state index contributed by atoms with van der Waals surface area (Å²) in [6, 6.07) is 5.59. The molecule has 3 rings (SSSR count). The molecule has 0 aliphatic rings. The molecule has 2 N–H and O–H groups in total. The third kappa shape index (κ3) is 3.25. The Bertz CT molecular complexity index is 769. The second kappa shape index (κ2) is 5.51. The second-order valence-corrected chi connectivity index (χ2v) is 4.37. The number of imidazole rings is 1. The molecule has 114 valence electrons. The zero-order valence-electron chi connectivity index (χ0n) is 11.1. The first-order chi connectivity index (χ1) is 10.5. The molecule has 0 spiro atoms. The van der Waals surface area contributed by atoms with E-state index in [1.807, 2.05) is 0 Å². The topological polar surface area (TPSA) is 75.7 Å². The number of hydrogen-bond acceptors (Lipinski definition) is 5. The molecule has 0 saturated heterocycles. The molecule has 0 radical (unpaired) electrons. The van der Waals surface area contributed by atoms with Crippen LogP contribution in [-0.4, -0.2) is 26.3 Å². The average molecular weight is 309 g/mol. The third-order valence-corrected chi connectivity index (χ3v) is 2.83. The van der Waals surface area contributed by atoms with E-state index in [0.29, 0.717) is 23.5 Å².